The van der Waals surface area contributed by atoms with Crippen molar-refractivity contribution in [3.8, 4) is 11.3 Å². The van der Waals surface area contributed by atoms with E-state index in [4.69, 9.17) is 10.1 Å². The standard InChI is InChI=1S/C22H21N5O3S2/c1-14-12-15(2)26-27-21(14)20(16-6-4-3-5-7-16)25-22(27)31-13-19(28)24-17-8-10-18(11-9-17)32(23,29)30/h3-12H,13H2,1-2H3,(H,24,28)(H2,23,29,30). The van der Waals surface area contributed by atoms with Crippen molar-refractivity contribution in [2.24, 2.45) is 5.14 Å². The Morgan fingerprint density at radius 1 is 1.09 bits per heavy atom. The highest BCUT2D eigenvalue weighted by Crippen LogP contribution is 2.30. The number of primary sulfonamides is 1. The first kappa shape index (κ1) is 22.0. The Morgan fingerprint density at radius 3 is 2.44 bits per heavy atom. The van der Waals surface area contributed by atoms with E-state index in [9.17, 15) is 13.2 Å². The number of aromatic nitrogens is 3. The van der Waals surface area contributed by atoms with Crippen LogP contribution in [-0.4, -0.2) is 34.7 Å². The van der Waals surface area contributed by atoms with E-state index in [-0.39, 0.29) is 16.6 Å². The summed E-state index contributed by atoms with van der Waals surface area (Å²) in [6.45, 7) is 3.94. The van der Waals surface area contributed by atoms with Crippen molar-refractivity contribution >= 4 is 38.9 Å². The molecule has 0 unspecified atom stereocenters. The van der Waals surface area contributed by atoms with Crippen molar-refractivity contribution in [3.05, 3.63) is 71.9 Å². The fourth-order valence-corrected chi connectivity index (χ4v) is 4.61. The molecule has 0 saturated carbocycles. The number of carbonyl (C=O) groups excluding carboxylic acids is 1. The van der Waals surface area contributed by atoms with Crippen molar-refractivity contribution in [2.75, 3.05) is 11.1 Å². The van der Waals surface area contributed by atoms with Crippen LogP contribution in [0, 0.1) is 13.8 Å². The van der Waals surface area contributed by atoms with Crippen LogP contribution in [0.25, 0.3) is 16.8 Å². The van der Waals surface area contributed by atoms with Gasteiger partial charge in [0, 0.05) is 11.3 Å². The summed E-state index contributed by atoms with van der Waals surface area (Å²) in [5.74, 6) is -0.139. The third-order valence-corrected chi connectivity index (χ3v) is 6.59. The molecule has 2 heterocycles. The highest BCUT2D eigenvalue weighted by Gasteiger charge is 2.18. The van der Waals surface area contributed by atoms with Crippen molar-refractivity contribution in [2.45, 2.75) is 23.9 Å². The quantitative estimate of drug-likeness (QED) is 0.420. The highest BCUT2D eigenvalue weighted by molar-refractivity contribution is 7.99. The Kier molecular flexibility index (Phi) is 6.00. The van der Waals surface area contributed by atoms with Gasteiger partial charge in [0.15, 0.2) is 5.16 Å². The number of benzene rings is 2. The SMILES string of the molecule is Cc1cc(C)c2c(-c3ccccc3)nc(SCC(=O)Nc3ccc(S(N)(=O)=O)cc3)n2n1. The Bertz CT molecular complexity index is 1400. The second-order valence-corrected chi connectivity index (χ2v) is 9.75. The summed E-state index contributed by atoms with van der Waals surface area (Å²) in [6.07, 6.45) is 0. The monoisotopic (exact) mass is 467 g/mol. The van der Waals surface area contributed by atoms with Gasteiger partial charge in [-0.25, -0.2) is 23.1 Å². The zero-order valence-corrected chi connectivity index (χ0v) is 19.1. The molecule has 0 atom stereocenters. The van der Waals surface area contributed by atoms with Gasteiger partial charge in [-0.2, -0.15) is 5.10 Å². The number of aryl methyl sites for hydroxylation is 2. The molecule has 0 aliphatic carbocycles. The normalized spacial score (nSPS) is 11.6. The molecule has 0 aliphatic heterocycles. The number of carbonyl (C=O) groups is 1. The lowest BCUT2D eigenvalue weighted by Crippen LogP contribution is -2.15. The van der Waals surface area contributed by atoms with Gasteiger partial charge in [0.1, 0.15) is 0 Å². The average Bonchev–Trinajstić information content (AvgIpc) is 3.11. The van der Waals surface area contributed by atoms with Gasteiger partial charge >= 0.3 is 0 Å². The van der Waals surface area contributed by atoms with Gasteiger partial charge in [-0.1, -0.05) is 42.1 Å². The van der Waals surface area contributed by atoms with Crippen LogP contribution in [0.3, 0.4) is 0 Å². The van der Waals surface area contributed by atoms with Gasteiger partial charge in [-0.15, -0.1) is 0 Å². The van der Waals surface area contributed by atoms with Gasteiger partial charge in [0.2, 0.25) is 15.9 Å². The Morgan fingerprint density at radius 2 is 1.78 bits per heavy atom. The van der Waals surface area contributed by atoms with E-state index in [0.29, 0.717) is 10.8 Å². The van der Waals surface area contributed by atoms with Crippen LogP contribution in [0.1, 0.15) is 11.3 Å². The number of rotatable bonds is 6. The van der Waals surface area contributed by atoms with Crippen molar-refractivity contribution < 1.29 is 13.2 Å². The summed E-state index contributed by atoms with van der Waals surface area (Å²) in [4.78, 5) is 17.2. The number of hydrogen-bond acceptors (Lipinski definition) is 6. The summed E-state index contributed by atoms with van der Waals surface area (Å²) in [7, 11) is -3.78. The third-order valence-electron chi connectivity index (χ3n) is 4.73. The number of thioether (sulfide) groups is 1. The van der Waals surface area contributed by atoms with Crippen LogP contribution < -0.4 is 10.5 Å². The summed E-state index contributed by atoms with van der Waals surface area (Å²) >= 11 is 1.28. The highest BCUT2D eigenvalue weighted by atomic mass is 32.2. The Balaban J connectivity index is 1.56. The number of anilines is 1. The lowest BCUT2D eigenvalue weighted by molar-refractivity contribution is -0.113. The molecule has 4 aromatic rings. The van der Waals surface area contributed by atoms with E-state index >= 15 is 0 Å². The van der Waals surface area contributed by atoms with E-state index in [1.807, 2.05) is 50.2 Å². The number of amides is 1. The van der Waals surface area contributed by atoms with E-state index in [0.717, 1.165) is 28.0 Å². The van der Waals surface area contributed by atoms with Crippen LogP contribution in [0.15, 0.2) is 70.7 Å². The maximum atomic E-state index is 12.5. The van der Waals surface area contributed by atoms with Gasteiger partial charge in [0.05, 0.1) is 27.6 Å². The zero-order valence-electron chi connectivity index (χ0n) is 17.4. The molecule has 0 spiro atoms. The van der Waals surface area contributed by atoms with Gasteiger partial charge < -0.3 is 5.32 Å². The van der Waals surface area contributed by atoms with Crippen molar-refractivity contribution in [3.63, 3.8) is 0 Å². The van der Waals surface area contributed by atoms with Crippen LogP contribution >= 0.6 is 11.8 Å². The zero-order chi connectivity index (χ0) is 22.9. The fraction of sp³-hybridized carbons (Fsp3) is 0.136. The molecule has 8 nitrogen and oxygen atoms in total. The second-order valence-electron chi connectivity index (χ2n) is 7.24. The minimum absolute atomic E-state index is 0.0148. The summed E-state index contributed by atoms with van der Waals surface area (Å²) in [6, 6.07) is 17.6. The summed E-state index contributed by atoms with van der Waals surface area (Å²) < 4.78 is 24.5. The van der Waals surface area contributed by atoms with Crippen LogP contribution in [0.4, 0.5) is 5.69 Å². The molecular weight excluding hydrogens is 446 g/mol. The molecule has 0 fully saturated rings. The van der Waals surface area contributed by atoms with E-state index in [2.05, 4.69) is 10.4 Å². The minimum atomic E-state index is -3.78. The molecule has 0 saturated heterocycles. The molecule has 2 aromatic carbocycles. The number of imidazole rings is 1. The van der Waals surface area contributed by atoms with Crippen LogP contribution in [0.2, 0.25) is 0 Å². The molecular formula is C22H21N5O3S2. The first-order valence-corrected chi connectivity index (χ1v) is 12.2. The van der Waals surface area contributed by atoms with Crippen LogP contribution in [0.5, 0.6) is 0 Å². The van der Waals surface area contributed by atoms with Gasteiger partial charge in [0.25, 0.3) is 0 Å². The van der Waals surface area contributed by atoms with Crippen LogP contribution in [-0.2, 0) is 14.8 Å². The summed E-state index contributed by atoms with van der Waals surface area (Å²) in [5.41, 5.74) is 5.08. The molecule has 4 rings (SSSR count). The summed E-state index contributed by atoms with van der Waals surface area (Å²) in [5, 5.41) is 13.1. The molecule has 164 valence electrons. The lowest BCUT2D eigenvalue weighted by Gasteiger charge is -2.06. The topological polar surface area (TPSA) is 119 Å². The molecule has 0 radical (unpaired) electrons. The fourth-order valence-electron chi connectivity index (χ4n) is 3.35. The second kappa shape index (κ2) is 8.73. The first-order chi connectivity index (χ1) is 15.2. The number of hydrogen-bond donors (Lipinski definition) is 2. The molecule has 3 N–H and O–H groups in total. The third kappa shape index (κ3) is 4.67. The van der Waals surface area contributed by atoms with Gasteiger partial charge in [-0.3, -0.25) is 4.79 Å². The van der Waals surface area contributed by atoms with Crippen molar-refractivity contribution in [1.29, 1.82) is 0 Å². The van der Waals surface area contributed by atoms with Crippen molar-refractivity contribution in [1.82, 2.24) is 14.6 Å². The average molecular weight is 468 g/mol. The molecule has 1 amide bonds. The molecule has 32 heavy (non-hydrogen) atoms. The predicted molar refractivity (Wildman–Crippen MR) is 125 cm³/mol. The minimum Gasteiger partial charge on any atom is -0.325 e. The molecule has 0 bridgehead atoms. The maximum Gasteiger partial charge on any atom is 0.238 e. The van der Waals surface area contributed by atoms with E-state index in [1.165, 1.54) is 36.0 Å². The number of sulfonamides is 1. The molecule has 0 aliphatic rings. The predicted octanol–water partition coefficient (Wildman–Crippen LogP) is 3.39. The Labute approximate surface area is 189 Å². The van der Waals surface area contributed by atoms with E-state index in [1.54, 1.807) is 4.52 Å². The largest absolute Gasteiger partial charge is 0.325 e. The number of nitrogens with two attached hydrogens (primary N) is 1. The number of fused-ring (bicyclic) bond motifs is 1. The maximum absolute atomic E-state index is 12.5. The number of nitrogens with zero attached hydrogens (tertiary/aromatic N) is 3. The van der Waals surface area contributed by atoms with Gasteiger partial charge in [-0.05, 0) is 49.7 Å². The smallest absolute Gasteiger partial charge is 0.238 e. The molecule has 10 heteroatoms. The van der Waals surface area contributed by atoms with E-state index < -0.39 is 10.0 Å². The Hall–Kier alpha value is -3.21. The lowest BCUT2D eigenvalue weighted by atomic mass is 10.1. The first-order valence-electron chi connectivity index (χ1n) is 9.70. The number of nitrogens with one attached hydrogen (secondary N) is 1. The molecule has 2 aromatic heterocycles.